The van der Waals surface area contributed by atoms with Crippen molar-refractivity contribution in [3.05, 3.63) is 119 Å². The number of carbonyl (C=O) groups excluding carboxylic acids is 2. The van der Waals surface area contributed by atoms with Gasteiger partial charge >= 0.3 is 0 Å². The number of benzene rings is 4. The molecular formula is C36H40ClN3O6S. The van der Waals surface area contributed by atoms with Crippen molar-refractivity contribution in [3.8, 4) is 11.5 Å². The SMILES string of the molecule is COc1ccc(S(=O)(=O)N(CC(=O)N(Cc2cccc(Cl)c2)[C@H](Cc2ccccc2)C(=O)NCC(C)C)c2ccccc2OC)cc1. The summed E-state index contributed by atoms with van der Waals surface area (Å²) in [5, 5.41) is 3.45. The van der Waals surface area contributed by atoms with E-state index in [9.17, 15) is 18.0 Å². The van der Waals surface area contributed by atoms with E-state index in [0.717, 1.165) is 9.87 Å². The number of halogens is 1. The number of nitrogens with zero attached hydrogens (tertiary/aromatic N) is 2. The minimum Gasteiger partial charge on any atom is -0.497 e. The molecule has 0 fully saturated rings. The molecule has 0 saturated heterocycles. The molecule has 0 bridgehead atoms. The van der Waals surface area contributed by atoms with E-state index < -0.39 is 28.5 Å². The Morgan fingerprint density at radius 2 is 1.49 bits per heavy atom. The third-order valence-electron chi connectivity index (χ3n) is 7.48. The van der Waals surface area contributed by atoms with Gasteiger partial charge in [-0.05, 0) is 65.6 Å². The molecule has 248 valence electrons. The molecule has 4 aromatic carbocycles. The van der Waals surface area contributed by atoms with E-state index in [1.54, 1.807) is 42.5 Å². The maximum atomic E-state index is 14.6. The van der Waals surface area contributed by atoms with Gasteiger partial charge in [-0.2, -0.15) is 0 Å². The number of hydrogen-bond donors (Lipinski definition) is 1. The fourth-order valence-corrected chi connectivity index (χ4v) is 6.67. The molecule has 0 aliphatic carbocycles. The number of ether oxygens (including phenoxy) is 2. The standard InChI is InChI=1S/C36H40ClN3O6S/c1-26(2)23-38-36(42)33(22-27-11-6-5-7-12-27)39(24-28-13-10-14-29(37)21-28)35(41)25-40(32-15-8-9-16-34(32)46-4)47(43,44)31-19-17-30(45-3)18-20-31/h5-21,26,33H,22-25H2,1-4H3,(H,38,42)/t33-/m1/s1. The molecule has 9 nitrogen and oxygen atoms in total. The number of methoxy groups -OCH3 is 2. The van der Waals surface area contributed by atoms with Crippen LogP contribution in [0, 0.1) is 5.92 Å². The average molecular weight is 678 g/mol. The summed E-state index contributed by atoms with van der Waals surface area (Å²) in [7, 11) is -1.40. The molecule has 1 atom stereocenters. The fraction of sp³-hybridized carbons (Fsp3) is 0.278. The molecule has 0 aliphatic rings. The van der Waals surface area contributed by atoms with Crippen LogP contribution in [0.15, 0.2) is 108 Å². The largest absolute Gasteiger partial charge is 0.497 e. The number of rotatable bonds is 15. The second-order valence-electron chi connectivity index (χ2n) is 11.4. The summed E-state index contributed by atoms with van der Waals surface area (Å²) in [6, 6.07) is 27.9. The van der Waals surface area contributed by atoms with E-state index in [4.69, 9.17) is 21.1 Å². The highest BCUT2D eigenvalue weighted by atomic mass is 35.5. The first-order valence-corrected chi connectivity index (χ1v) is 17.0. The van der Waals surface area contributed by atoms with Gasteiger partial charge in [-0.3, -0.25) is 13.9 Å². The van der Waals surface area contributed by atoms with Crippen LogP contribution < -0.4 is 19.1 Å². The second-order valence-corrected chi connectivity index (χ2v) is 13.7. The Labute approximate surface area is 282 Å². The molecule has 4 rings (SSSR count). The number of hydrogen-bond acceptors (Lipinski definition) is 6. The lowest BCUT2D eigenvalue weighted by atomic mass is 10.0. The van der Waals surface area contributed by atoms with Crippen molar-refractivity contribution in [3.63, 3.8) is 0 Å². The van der Waals surface area contributed by atoms with Crippen LogP contribution in [-0.4, -0.2) is 58.5 Å². The smallest absolute Gasteiger partial charge is 0.264 e. The molecule has 0 unspecified atom stereocenters. The average Bonchev–Trinajstić information content (AvgIpc) is 3.08. The number of amides is 2. The van der Waals surface area contributed by atoms with Gasteiger partial charge in [-0.25, -0.2) is 8.42 Å². The number of sulfonamides is 1. The Balaban J connectivity index is 1.83. The number of nitrogens with one attached hydrogen (secondary N) is 1. The highest BCUT2D eigenvalue weighted by Crippen LogP contribution is 2.33. The van der Waals surface area contributed by atoms with Gasteiger partial charge < -0.3 is 19.7 Å². The highest BCUT2D eigenvalue weighted by Gasteiger charge is 2.35. The maximum Gasteiger partial charge on any atom is 0.264 e. The zero-order chi connectivity index (χ0) is 34.0. The van der Waals surface area contributed by atoms with Crippen molar-refractivity contribution in [1.29, 1.82) is 0 Å². The number of anilines is 1. The molecule has 0 aromatic heterocycles. The van der Waals surface area contributed by atoms with E-state index in [2.05, 4.69) is 5.32 Å². The second kappa shape index (κ2) is 16.3. The van der Waals surface area contributed by atoms with Gasteiger partial charge in [0.05, 0.1) is 24.8 Å². The third kappa shape index (κ3) is 9.27. The summed E-state index contributed by atoms with van der Waals surface area (Å²) in [5.41, 5.74) is 1.70. The van der Waals surface area contributed by atoms with Crippen molar-refractivity contribution in [2.45, 2.75) is 37.8 Å². The minimum atomic E-state index is -4.32. The van der Waals surface area contributed by atoms with Gasteiger partial charge in [0.1, 0.15) is 24.1 Å². The Bertz CT molecular complexity index is 1750. The van der Waals surface area contributed by atoms with Crippen molar-refractivity contribution in [2.75, 3.05) is 31.6 Å². The first-order chi connectivity index (χ1) is 22.5. The van der Waals surface area contributed by atoms with Crippen molar-refractivity contribution >= 4 is 39.1 Å². The van der Waals surface area contributed by atoms with Gasteiger partial charge in [0.15, 0.2) is 0 Å². The van der Waals surface area contributed by atoms with E-state index in [0.29, 0.717) is 22.9 Å². The first kappa shape index (κ1) is 35.3. The zero-order valence-corrected chi connectivity index (χ0v) is 28.5. The van der Waals surface area contributed by atoms with Crippen LogP contribution in [0.5, 0.6) is 11.5 Å². The Kier molecular flexibility index (Phi) is 12.3. The van der Waals surface area contributed by atoms with Crippen LogP contribution in [0.3, 0.4) is 0 Å². The van der Waals surface area contributed by atoms with Crippen molar-refractivity contribution in [2.24, 2.45) is 5.92 Å². The van der Waals surface area contributed by atoms with Crippen molar-refractivity contribution < 1.29 is 27.5 Å². The molecule has 0 aliphatic heterocycles. The van der Waals surface area contributed by atoms with Crippen LogP contribution in [0.25, 0.3) is 0 Å². The Hall–Kier alpha value is -4.54. The predicted octanol–water partition coefficient (Wildman–Crippen LogP) is 5.96. The van der Waals surface area contributed by atoms with Gasteiger partial charge in [-0.1, -0.05) is 80.0 Å². The predicted molar refractivity (Wildman–Crippen MR) is 184 cm³/mol. The van der Waals surface area contributed by atoms with Crippen LogP contribution in [-0.2, 0) is 32.6 Å². The van der Waals surface area contributed by atoms with E-state index in [1.165, 1.54) is 43.4 Å². The normalized spacial score (nSPS) is 11.9. The van der Waals surface area contributed by atoms with Crippen molar-refractivity contribution in [1.82, 2.24) is 10.2 Å². The molecule has 0 radical (unpaired) electrons. The van der Waals surface area contributed by atoms with Gasteiger partial charge in [0.25, 0.3) is 10.0 Å². The summed E-state index contributed by atoms with van der Waals surface area (Å²) >= 11 is 6.32. The highest BCUT2D eigenvalue weighted by molar-refractivity contribution is 7.92. The molecule has 0 saturated carbocycles. The lowest BCUT2D eigenvalue weighted by Crippen LogP contribution is -2.53. The quantitative estimate of drug-likeness (QED) is 0.166. The Morgan fingerprint density at radius 3 is 2.13 bits per heavy atom. The molecule has 47 heavy (non-hydrogen) atoms. The molecular weight excluding hydrogens is 638 g/mol. The number of carbonyl (C=O) groups is 2. The van der Waals surface area contributed by atoms with Gasteiger partial charge in [0.2, 0.25) is 11.8 Å². The molecule has 0 spiro atoms. The molecule has 11 heteroatoms. The summed E-state index contributed by atoms with van der Waals surface area (Å²) in [6.45, 7) is 3.77. The summed E-state index contributed by atoms with van der Waals surface area (Å²) < 4.78 is 40.4. The topological polar surface area (TPSA) is 105 Å². The molecule has 2 amide bonds. The van der Waals surface area contributed by atoms with Gasteiger partial charge in [0, 0.05) is 24.5 Å². The monoisotopic (exact) mass is 677 g/mol. The first-order valence-electron chi connectivity index (χ1n) is 15.2. The van der Waals surface area contributed by atoms with Crippen LogP contribution in [0.4, 0.5) is 5.69 Å². The number of para-hydroxylation sites is 2. The van der Waals surface area contributed by atoms with Crippen LogP contribution in [0.1, 0.15) is 25.0 Å². The maximum absolute atomic E-state index is 14.6. The summed E-state index contributed by atoms with van der Waals surface area (Å²) in [6.07, 6.45) is 0.205. The molecule has 4 aromatic rings. The molecule has 0 heterocycles. The van der Waals surface area contributed by atoms with Crippen LogP contribution >= 0.6 is 11.6 Å². The zero-order valence-electron chi connectivity index (χ0n) is 26.9. The van der Waals surface area contributed by atoms with Crippen LogP contribution in [0.2, 0.25) is 5.02 Å². The molecule has 1 N–H and O–H groups in total. The third-order valence-corrected chi connectivity index (χ3v) is 9.49. The van der Waals surface area contributed by atoms with E-state index in [1.807, 2.05) is 50.2 Å². The summed E-state index contributed by atoms with van der Waals surface area (Å²) in [4.78, 5) is 29.9. The fourth-order valence-electron chi connectivity index (χ4n) is 5.03. The van der Waals surface area contributed by atoms with E-state index >= 15 is 0 Å². The lowest BCUT2D eigenvalue weighted by molar-refractivity contribution is -0.140. The summed E-state index contributed by atoms with van der Waals surface area (Å²) in [5.74, 6) is -0.0283. The van der Waals surface area contributed by atoms with Gasteiger partial charge in [-0.15, -0.1) is 0 Å². The minimum absolute atomic E-state index is 0.00827. The lowest BCUT2D eigenvalue weighted by Gasteiger charge is -2.34. The Morgan fingerprint density at radius 1 is 0.830 bits per heavy atom. The van der Waals surface area contributed by atoms with E-state index in [-0.39, 0.29) is 41.1 Å².